The first-order valence-corrected chi connectivity index (χ1v) is 9.78. The topological polar surface area (TPSA) is 71.7 Å². The Hall–Kier alpha value is -3.02. The average molecular weight is 460 g/mol. The lowest BCUT2D eigenvalue weighted by Gasteiger charge is -2.28. The molecule has 0 bridgehead atoms. The molecule has 0 saturated heterocycles. The number of anilines is 1. The maximum absolute atomic E-state index is 13.0. The molecule has 2 heterocycles. The highest BCUT2D eigenvalue weighted by molar-refractivity contribution is 5.81. The molecule has 0 spiro atoms. The third-order valence-corrected chi connectivity index (χ3v) is 5.30. The van der Waals surface area contributed by atoms with Crippen molar-refractivity contribution >= 4 is 11.5 Å². The van der Waals surface area contributed by atoms with Crippen LogP contribution < -0.4 is 10.1 Å². The summed E-state index contributed by atoms with van der Waals surface area (Å²) in [4.78, 5) is 0. The van der Waals surface area contributed by atoms with Gasteiger partial charge >= 0.3 is 12.5 Å². The molecule has 0 amide bonds. The van der Waals surface area contributed by atoms with Crippen LogP contribution in [-0.2, 0) is 6.18 Å². The Morgan fingerprint density at radius 3 is 2.47 bits per heavy atom. The van der Waals surface area contributed by atoms with Crippen LogP contribution >= 0.6 is 0 Å². The standard InChI is InChI=1S/C20H18F6N4O2/c21-19(22,23)11-7-8-12(16(10-11)32-20(24,25)26)17-14-5-3-9-30(14)18(29-28-17)27-13-4-1-2-6-15(13)31/h3,5,7-10,13,15,31H,1-2,4,6H2,(H,27,29)/t13-,15+/m0/s1. The molecule has 2 atom stereocenters. The number of fused-ring (bicyclic) bond motifs is 1. The number of nitrogens with one attached hydrogen (secondary N) is 1. The molecule has 2 N–H and O–H groups in total. The monoisotopic (exact) mass is 460 g/mol. The van der Waals surface area contributed by atoms with Gasteiger partial charge in [0.05, 0.1) is 23.2 Å². The molecule has 0 unspecified atom stereocenters. The number of hydrogen-bond donors (Lipinski definition) is 2. The highest BCUT2D eigenvalue weighted by Gasteiger charge is 2.36. The lowest BCUT2D eigenvalue weighted by atomic mass is 9.93. The van der Waals surface area contributed by atoms with E-state index in [-0.39, 0.29) is 29.3 Å². The molecule has 12 heteroatoms. The van der Waals surface area contributed by atoms with Crippen molar-refractivity contribution in [1.29, 1.82) is 0 Å². The molecule has 1 aliphatic carbocycles. The Bertz CT molecular complexity index is 1110. The molecule has 1 aromatic carbocycles. The lowest BCUT2D eigenvalue weighted by Crippen LogP contribution is -2.37. The summed E-state index contributed by atoms with van der Waals surface area (Å²) >= 11 is 0. The molecule has 3 aromatic rings. The number of hydrogen-bond acceptors (Lipinski definition) is 5. The van der Waals surface area contributed by atoms with Gasteiger partial charge in [-0.1, -0.05) is 12.8 Å². The van der Waals surface area contributed by atoms with Crippen LogP contribution in [0, 0.1) is 0 Å². The fourth-order valence-corrected chi connectivity index (χ4v) is 3.79. The average Bonchev–Trinajstić information content (AvgIpc) is 3.19. The molecular weight excluding hydrogens is 442 g/mol. The van der Waals surface area contributed by atoms with Gasteiger partial charge in [-0.3, -0.25) is 4.40 Å². The second-order valence-electron chi connectivity index (χ2n) is 7.49. The molecular formula is C20H18F6N4O2. The summed E-state index contributed by atoms with van der Waals surface area (Å²) < 4.78 is 83.3. The van der Waals surface area contributed by atoms with E-state index in [0.29, 0.717) is 24.4 Å². The van der Waals surface area contributed by atoms with E-state index in [2.05, 4.69) is 20.3 Å². The minimum absolute atomic E-state index is 0.0854. The summed E-state index contributed by atoms with van der Waals surface area (Å²) in [5.74, 6) is -0.780. The van der Waals surface area contributed by atoms with Crippen molar-refractivity contribution in [2.45, 2.75) is 50.4 Å². The highest BCUT2D eigenvalue weighted by atomic mass is 19.4. The fourth-order valence-electron chi connectivity index (χ4n) is 3.79. The number of aromatic nitrogens is 3. The summed E-state index contributed by atoms with van der Waals surface area (Å²) in [5, 5.41) is 21.3. The fraction of sp³-hybridized carbons (Fsp3) is 0.400. The van der Waals surface area contributed by atoms with Crippen molar-refractivity contribution in [3.8, 4) is 17.0 Å². The largest absolute Gasteiger partial charge is 0.573 e. The molecule has 2 aromatic heterocycles. The van der Waals surface area contributed by atoms with Crippen molar-refractivity contribution in [3.63, 3.8) is 0 Å². The Morgan fingerprint density at radius 2 is 1.78 bits per heavy atom. The smallest absolute Gasteiger partial charge is 0.405 e. The Labute approximate surface area is 177 Å². The van der Waals surface area contributed by atoms with Crippen molar-refractivity contribution in [3.05, 3.63) is 42.1 Å². The Balaban J connectivity index is 1.77. The van der Waals surface area contributed by atoms with Gasteiger partial charge in [0, 0.05) is 11.8 Å². The van der Waals surface area contributed by atoms with E-state index in [1.54, 1.807) is 18.3 Å². The predicted molar refractivity (Wildman–Crippen MR) is 102 cm³/mol. The maximum atomic E-state index is 13.0. The number of ether oxygens (including phenoxy) is 1. The van der Waals surface area contributed by atoms with Gasteiger partial charge in [0.15, 0.2) is 0 Å². The van der Waals surface area contributed by atoms with Gasteiger partial charge in [-0.25, -0.2) is 0 Å². The van der Waals surface area contributed by atoms with Gasteiger partial charge in [0.1, 0.15) is 11.4 Å². The van der Waals surface area contributed by atoms with Crippen molar-refractivity contribution < 1.29 is 36.2 Å². The summed E-state index contributed by atoms with van der Waals surface area (Å²) in [6.45, 7) is 0. The molecule has 4 rings (SSSR count). The molecule has 172 valence electrons. The van der Waals surface area contributed by atoms with Crippen molar-refractivity contribution in [2.75, 3.05) is 5.32 Å². The second-order valence-corrected chi connectivity index (χ2v) is 7.49. The Morgan fingerprint density at radius 1 is 1.03 bits per heavy atom. The molecule has 6 nitrogen and oxygen atoms in total. The van der Waals surface area contributed by atoms with Gasteiger partial charge in [-0.2, -0.15) is 13.2 Å². The number of benzene rings is 1. The van der Waals surface area contributed by atoms with E-state index in [4.69, 9.17) is 0 Å². The van der Waals surface area contributed by atoms with Crippen LogP contribution in [0.25, 0.3) is 16.8 Å². The molecule has 1 fully saturated rings. The van der Waals surface area contributed by atoms with Gasteiger partial charge in [0.2, 0.25) is 5.95 Å². The summed E-state index contributed by atoms with van der Waals surface area (Å²) in [7, 11) is 0. The minimum Gasteiger partial charge on any atom is -0.405 e. The number of alkyl halides is 6. The van der Waals surface area contributed by atoms with Crippen LogP contribution in [0.3, 0.4) is 0 Å². The minimum atomic E-state index is -5.21. The molecule has 0 aliphatic heterocycles. The highest BCUT2D eigenvalue weighted by Crippen LogP contribution is 2.40. The molecule has 32 heavy (non-hydrogen) atoms. The third-order valence-electron chi connectivity index (χ3n) is 5.30. The second kappa shape index (κ2) is 8.15. The number of halogens is 6. The third kappa shape index (κ3) is 4.59. The molecule has 0 radical (unpaired) electrons. The first-order valence-electron chi connectivity index (χ1n) is 9.78. The van der Waals surface area contributed by atoms with Gasteiger partial charge in [0.25, 0.3) is 0 Å². The first-order chi connectivity index (χ1) is 15.0. The number of rotatable bonds is 4. The maximum Gasteiger partial charge on any atom is 0.573 e. The SMILES string of the molecule is O[C@@H]1CCCC[C@@H]1Nc1nnc(-c2ccc(C(F)(F)F)cc2OC(F)(F)F)c2cccn12. The van der Waals surface area contributed by atoms with E-state index in [9.17, 15) is 31.4 Å². The van der Waals surface area contributed by atoms with Crippen LogP contribution in [-0.4, -0.2) is 38.2 Å². The number of aliphatic hydroxyl groups is 1. The van der Waals surface area contributed by atoms with Crippen LogP contribution in [0.2, 0.25) is 0 Å². The van der Waals surface area contributed by atoms with Crippen LogP contribution in [0.4, 0.5) is 32.3 Å². The van der Waals surface area contributed by atoms with E-state index in [0.717, 1.165) is 18.9 Å². The molecule has 1 aliphatic rings. The quantitative estimate of drug-likeness (QED) is 0.535. The molecule has 1 saturated carbocycles. The summed E-state index contributed by atoms with van der Waals surface area (Å²) in [6, 6.07) is 4.68. The van der Waals surface area contributed by atoms with Crippen LogP contribution in [0.1, 0.15) is 31.2 Å². The van der Waals surface area contributed by atoms with Crippen LogP contribution in [0.5, 0.6) is 5.75 Å². The first kappa shape index (κ1) is 22.2. The van der Waals surface area contributed by atoms with E-state index in [1.807, 2.05) is 0 Å². The predicted octanol–water partition coefficient (Wildman–Crippen LogP) is 5.03. The van der Waals surface area contributed by atoms with E-state index < -0.39 is 30.0 Å². The van der Waals surface area contributed by atoms with Crippen molar-refractivity contribution in [2.24, 2.45) is 0 Å². The van der Waals surface area contributed by atoms with E-state index in [1.165, 1.54) is 4.40 Å². The van der Waals surface area contributed by atoms with Gasteiger partial charge < -0.3 is 15.2 Å². The number of aliphatic hydroxyl groups excluding tert-OH is 1. The van der Waals surface area contributed by atoms with Crippen LogP contribution in [0.15, 0.2) is 36.5 Å². The normalized spacial score (nSPS) is 19.8. The van der Waals surface area contributed by atoms with Crippen molar-refractivity contribution in [1.82, 2.24) is 14.6 Å². The summed E-state index contributed by atoms with van der Waals surface area (Å²) in [5.41, 5.74) is -1.36. The Kier molecular flexibility index (Phi) is 5.65. The van der Waals surface area contributed by atoms with Gasteiger partial charge in [-0.05, 0) is 43.2 Å². The van der Waals surface area contributed by atoms with Gasteiger partial charge in [-0.15, -0.1) is 23.4 Å². The zero-order chi connectivity index (χ0) is 23.1. The zero-order valence-corrected chi connectivity index (χ0v) is 16.4. The lowest BCUT2D eigenvalue weighted by molar-refractivity contribution is -0.274. The zero-order valence-electron chi connectivity index (χ0n) is 16.4. The van der Waals surface area contributed by atoms with E-state index >= 15 is 0 Å². The summed E-state index contributed by atoms with van der Waals surface area (Å²) in [6.07, 6.45) is -5.91. The number of nitrogens with zero attached hydrogens (tertiary/aromatic N) is 3.